The number of nitrogens with one attached hydrogen (secondary N) is 4. The molecule has 9 heteroatoms. The van der Waals surface area contributed by atoms with Crippen molar-refractivity contribution >= 4 is 23.4 Å². The van der Waals surface area contributed by atoms with E-state index in [0.29, 0.717) is 25.4 Å². The molecule has 5 unspecified atom stereocenters. The van der Waals surface area contributed by atoms with Crippen molar-refractivity contribution in [2.75, 3.05) is 19.7 Å². The highest BCUT2D eigenvalue weighted by atomic mass is 35.5. The molecular formula is C20H32ClFN4O3. The lowest BCUT2D eigenvalue weighted by Gasteiger charge is -2.70. The molecule has 4 N–H and O–H groups in total. The highest BCUT2D eigenvalue weighted by Gasteiger charge is 2.69. The van der Waals surface area contributed by atoms with E-state index in [1.165, 1.54) is 0 Å². The molecule has 0 aromatic carbocycles. The standard InChI is InChI=1S/C20H32ClFN4O3/c1-2-12-6-24-16(7-23-12)18(28)26-20-9-19(10-20,11-20)25-17(27)8-29-13-3-4-14(21)15(22)5-13/h12-16,23-24H,2-11H2,1H3,(H,25,27)(H,26,28). The van der Waals surface area contributed by atoms with Crippen LogP contribution in [0.3, 0.4) is 0 Å². The van der Waals surface area contributed by atoms with Gasteiger partial charge in [0.25, 0.3) is 0 Å². The number of hydrogen-bond acceptors (Lipinski definition) is 5. The minimum Gasteiger partial charge on any atom is -0.368 e. The minimum absolute atomic E-state index is 0.0330. The lowest BCUT2D eigenvalue weighted by atomic mass is 9.44. The van der Waals surface area contributed by atoms with Gasteiger partial charge in [-0.15, -0.1) is 11.6 Å². The van der Waals surface area contributed by atoms with Gasteiger partial charge in [0.05, 0.1) is 17.5 Å². The molecular weight excluding hydrogens is 399 g/mol. The number of alkyl halides is 2. The molecule has 1 heterocycles. The van der Waals surface area contributed by atoms with E-state index in [2.05, 4.69) is 28.2 Å². The van der Waals surface area contributed by atoms with Crippen LogP contribution in [0.5, 0.6) is 0 Å². The van der Waals surface area contributed by atoms with Crippen molar-refractivity contribution in [3.8, 4) is 0 Å². The summed E-state index contributed by atoms with van der Waals surface area (Å²) in [7, 11) is 0. The number of carbonyl (C=O) groups excluding carboxylic acids is 2. The lowest BCUT2D eigenvalue weighted by Crippen LogP contribution is -2.84. The SMILES string of the molecule is CCC1CNC(C(=O)NC23CC(NC(=O)COC4CCC(Cl)C(F)C4)(C2)C3)CN1. The predicted molar refractivity (Wildman–Crippen MR) is 108 cm³/mol. The van der Waals surface area contributed by atoms with E-state index in [1.54, 1.807) is 0 Å². The largest absolute Gasteiger partial charge is 0.368 e. The summed E-state index contributed by atoms with van der Waals surface area (Å²) in [5, 5.41) is 12.5. The maximum atomic E-state index is 13.7. The minimum atomic E-state index is -1.07. The first-order valence-electron chi connectivity index (χ1n) is 10.8. The molecule has 0 aromatic rings. The maximum absolute atomic E-state index is 13.7. The van der Waals surface area contributed by atoms with Crippen molar-refractivity contribution in [1.29, 1.82) is 0 Å². The van der Waals surface area contributed by atoms with E-state index >= 15 is 0 Å². The van der Waals surface area contributed by atoms with Crippen molar-refractivity contribution in [2.24, 2.45) is 0 Å². The average Bonchev–Trinajstić information content (AvgIpc) is 2.66. The molecule has 5 rings (SSSR count). The van der Waals surface area contributed by atoms with Gasteiger partial charge in [0.2, 0.25) is 11.8 Å². The molecule has 2 bridgehead atoms. The fourth-order valence-corrected chi connectivity index (χ4v) is 5.54. The summed E-state index contributed by atoms with van der Waals surface area (Å²) in [6.45, 7) is 3.52. The first-order valence-corrected chi connectivity index (χ1v) is 11.3. The molecule has 1 aliphatic heterocycles. The Bertz CT molecular complexity index is 623. The zero-order chi connectivity index (χ0) is 20.6. The number of ether oxygens (including phenoxy) is 1. The van der Waals surface area contributed by atoms with E-state index in [9.17, 15) is 14.0 Å². The van der Waals surface area contributed by atoms with Gasteiger partial charge in [0.15, 0.2) is 0 Å². The number of carbonyl (C=O) groups is 2. The molecule has 5 aliphatic rings. The molecule has 4 aliphatic carbocycles. The molecule has 7 nitrogen and oxygen atoms in total. The van der Waals surface area contributed by atoms with Crippen LogP contribution in [0.25, 0.3) is 0 Å². The fourth-order valence-electron chi connectivity index (χ4n) is 5.31. The number of rotatable bonds is 7. The zero-order valence-corrected chi connectivity index (χ0v) is 17.7. The Morgan fingerprint density at radius 3 is 2.48 bits per heavy atom. The van der Waals surface area contributed by atoms with Crippen LogP contribution in [0.1, 0.15) is 51.9 Å². The molecule has 29 heavy (non-hydrogen) atoms. The molecule has 0 spiro atoms. The zero-order valence-electron chi connectivity index (χ0n) is 16.9. The van der Waals surface area contributed by atoms with E-state index in [-0.39, 0.29) is 48.1 Å². The third kappa shape index (κ3) is 4.55. The van der Waals surface area contributed by atoms with Crippen LogP contribution < -0.4 is 21.3 Å². The summed E-state index contributed by atoms with van der Waals surface area (Å²) in [6, 6.07) is 0.226. The Labute approximate surface area is 176 Å². The Kier molecular flexibility index (Phi) is 6.08. The Hall–Kier alpha value is -0.960. The normalized spacial score (nSPS) is 43.6. The van der Waals surface area contributed by atoms with E-state index < -0.39 is 11.5 Å². The van der Waals surface area contributed by atoms with E-state index in [1.807, 2.05) is 0 Å². The van der Waals surface area contributed by atoms with Crippen LogP contribution >= 0.6 is 11.6 Å². The van der Waals surface area contributed by atoms with Gasteiger partial charge >= 0.3 is 0 Å². The molecule has 0 radical (unpaired) electrons. The van der Waals surface area contributed by atoms with Gasteiger partial charge in [0.1, 0.15) is 12.8 Å². The lowest BCUT2D eigenvalue weighted by molar-refractivity contribution is -0.154. The van der Waals surface area contributed by atoms with Crippen LogP contribution in [0, 0.1) is 0 Å². The first-order chi connectivity index (χ1) is 13.8. The molecule has 2 amide bonds. The van der Waals surface area contributed by atoms with Gasteiger partial charge in [-0.25, -0.2) is 4.39 Å². The van der Waals surface area contributed by atoms with Crippen LogP contribution in [0.4, 0.5) is 4.39 Å². The van der Waals surface area contributed by atoms with Gasteiger partial charge in [-0.1, -0.05) is 6.92 Å². The summed E-state index contributed by atoms with van der Waals surface area (Å²) in [6.07, 6.45) is 3.54. The van der Waals surface area contributed by atoms with Gasteiger partial charge in [0, 0.05) is 36.6 Å². The smallest absolute Gasteiger partial charge is 0.246 e. The third-order valence-electron chi connectivity index (χ3n) is 6.95. The van der Waals surface area contributed by atoms with Crippen molar-refractivity contribution in [3.63, 3.8) is 0 Å². The molecule has 0 aromatic heterocycles. The topological polar surface area (TPSA) is 91.5 Å². The van der Waals surface area contributed by atoms with Crippen LogP contribution in [-0.2, 0) is 14.3 Å². The first kappa shape index (κ1) is 21.3. The van der Waals surface area contributed by atoms with Crippen molar-refractivity contribution < 1.29 is 18.7 Å². The second-order valence-electron chi connectivity index (χ2n) is 9.38. The quantitative estimate of drug-likeness (QED) is 0.447. The van der Waals surface area contributed by atoms with Crippen LogP contribution in [0.2, 0.25) is 0 Å². The second kappa shape index (κ2) is 8.29. The van der Waals surface area contributed by atoms with Gasteiger partial charge in [-0.2, -0.15) is 0 Å². The predicted octanol–water partition coefficient (Wildman–Crippen LogP) is 0.749. The molecule has 4 saturated carbocycles. The molecule has 1 saturated heterocycles. The Balaban J connectivity index is 1.14. The summed E-state index contributed by atoms with van der Waals surface area (Å²) >= 11 is 5.88. The van der Waals surface area contributed by atoms with Crippen LogP contribution in [0.15, 0.2) is 0 Å². The van der Waals surface area contributed by atoms with Crippen molar-refractivity contribution in [3.05, 3.63) is 0 Å². The summed E-state index contributed by atoms with van der Waals surface area (Å²) in [5.74, 6) is -0.137. The third-order valence-corrected chi connectivity index (χ3v) is 7.44. The second-order valence-corrected chi connectivity index (χ2v) is 9.94. The molecule has 5 atom stereocenters. The van der Waals surface area contributed by atoms with Gasteiger partial charge < -0.3 is 26.0 Å². The van der Waals surface area contributed by atoms with E-state index in [0.717, 1.165) is 32.2 Å². The monoisotopic (exact) mass is 430 g/mol. The molecule has 164 valence electrons. The Morgan fingerprint density at radius 1 is 1.14 bits per heavy atom. The summed E-state index contributed by atoms with van der Waals surface area (Å²) < 4.78 is 19.2. The maximum Gasteiger partial charge on any atom is 0.246 e. The van der Waals surface area contributed by atoms with Crippen LogP contribution in [-0.4, -0.2) is 72.3 Å². The summed E-state index contributed by atoms with van der Waals surface area (Å²) in [5.41, 5.74) is -0.385. The highest BCUT2D eigenvalue weighted by Crippen LogP contribution is 2.60. The number of halogens is 2. The molecule has 5 fully saturated rings. The number of piperazine rings is 1. The van der Waals surface area contributed by atoms with Gasteiger partial charge in [-0.05, 0) is 38.5 Å². The van der Waals surface area contributed by atoms with Crippen molar-refractivity contribution in [2.45, 2.75) is 92.7 Å². The highest BCUT2D eigenvalue weighted by molar-refractivity contribution is 6.21. The Morgan fingerprint density at radius 2 is 1.86 bits per heavy atom. The van der Waals surface area contributed by atoms with Crippen molar-refractivity contribution in [1.82, 2.24) is 21.3 Å². The average molecular weight is 431 g/mol. The number of hydrogen-bond donors (Lipinski definition) is 4. The fraction of sp³-hybridized carbons (Fsp3) is 0.900. The van der Waals surface area contributed by atoms with Gasteiger partial charge in [-0.3, -0.25) is 9.59 Å². The number of amides is 2. The van der Waals surface area contributed by atoms with E-state index in [4.69, 9.17) is 16.3 Å². The summed E-state index contributed by atoms with van der Waals surface area (Å²) in [4.78, 5) is 24.8.